The Balaban J connectivity index is 2.05. The van der Waals surface area contributed by atoms with Crippen LogP contribution in [0.2, 0.25) is 0 Å². The zero-order chi connectivity index (χ0) is 14.5. The average Bonchev–Trinajstić information content (AvgIpc) is 2.93. The second-order valence-corrected chi connectivity index (χ2v) is 5.23. The lowest BCUT2D eigenvalue weighted by molar-refractivity contribution is 0.400. The fourth-order valence-corrected chi connectivity index (χ4v) is 2.33. The number of aromatic nitrogens is 2. The summed E-state index contributed by atoms with van der Waals surface area (Å²) in [5.74, 6) is 0.921. The standard InChI is InChI=1S/C16H23N3O/c1-12(2)19-11-17-9-14(19)10-18-13(3)15-7-5-6-8-16(15)20-4/h5-9,11-13,18H,10H2,1-4H3/t13-/m1/s1. The van der Waals surface area contributed by atoms with Crippen LogP contribution >= 0.6 is 0 Å². The van der Waals surface area contributed by atoms with E-state index in [-0.39, 0.29) is 6.04 Å². The molecule has 0 spiro atoms. The topological polar surface area (TPSA) is 39.1 Å². The van der Waals surface area contributed by atoms with Crippen LogP contribution in [0.1, 0.15) is 44.1 Å². The first kappa shape index (κ1) is 14.6. The van der Waals surface area contributed by atoms with E-state index in [1.165, 1.54) is 11.3 Å². The largest absolute Gasteiger partial charge is 0.496 e. The molecule has 108 valence electrons. The quantitative estimate of drug-likeness (QED) is 0.877. The molecule has 0 aliphatic rings. The van der Waals surface area contributed by atoms with Crippen LogP contribution in [-0.2, 0) is 6.54 Å². The molecule has 1 heterocycles. The van der Waals surface area contributed by atoms with E-state index < -0.39 is 0 Å². The number of nitrogens with zero attached hydrogens (tertiary/aromatic N) is 2. The highest BCUT2D eigenvalue weighted by atomic mass is 16.5. The van der Waals surface area contributed by atoms with Gasteiger partial charge in [0.2, 0.25) is 0 Å². The molecule has 2 aromatic rings. The van der Waals surface area contributed by atoms with E-state index in [9.17, 15) is 0 Å². The molecule has 0 amide bonds. The van der Waals surface area contributed by atoms with Gasteiger partial charge in [0.1, 0.15) is 5.75 Å². The predicted octanol–water partition coefficient (Wildman–Crippen LogP) is 3.32. The van der Waals surface area contributed by atoms with Crippen LogP contribution in [0, 0.1) is 0 Å². The minimum absolute atomic E-state index is 0.224. The molecule has 1 atom stereocenters. The van der Waals surface area contributed by atoms with Gasteiger partial charge in [-0.05, 0) is 26.8 Å². The maximum absolute atomic E-state index is 5.41. The normalized spacial score (nSPS) is 12.7. The van der Waals surface area contributed by atoms with Crippen LogP contribution < -0.4 is 10.1 Å². The van der Waals surface area contributed by atoms with E-state index in [0.29, 0.717) is 6.04 Å². The summed E-state index contributed by atoms with van der Waals surface area (Å²) in [4.78, 5) is 4.23. The first-order valence-electron chi connectivity index (χ1n) is 7.00. The van der Waals surface area contributed by atoms with E-state index in [1.807, 2.05) is 30.7 Å². The van der Waals surface area contributed by atoms with Gasteiger partial charge in [-0.2, -0.15) is 0 Å². The van der Waals surface area contributed by atoms with Gasteiger partial charge in [0.25, 0.3) is 0 Å². The molecule has 1 N–H and O–H groups in total. The minimum Gasteiger partial charge on any atom is -0.496 e. The van der Waals surface area contributed by atoms with Crippen molar-refractivity contribution in [2.45, 2.75) is 39.4 Å². The van der Waals surface area contributed by atoms with Crippen LogP contribution in [0.5, 0.6) is 5.75 Å². The van der Waals surface area contributed by atoms with Crippen molar-refractivity contribution in [1.29, 1.82) is 0 Å². The van der Waals surface area contributed by atoms with Crippen LogP contribution in [-0.4, -0.2) is 16.7 Å². The summed E-state index contributed by atoms with van der Waals surface area (Å²) in [6, 6.07) is 8.76. The number of benzene rings is 1. The number of nitrogens with one attached hydrogen (secondary N) is 1. The third kappa shape index (κ3) is 3.20. The van der Waals surface area contributed by atoms with Crippen molar-refractivity contribution < 1.29 is 4.74 Å². The van der Waals surface area contributed by atoms with Gasteiger partial charge >= 0.3 is 0 Å². The fraction of sp³-hybridized carbons (Fsp3) is 0.438. The summed E-state index contributed by atoms with van der Waals surface area (Å²) in [5, 5.41) is 3.53. The second-order valence-electron chi connectivity index (χ2n) is 5.23. The van der Waals surface area contributed by atoms with Gasteiger partial charge in [-0.25, -0.2) is 4.98 Å². The lowest BCUT2D eigenvalue weighted by Gasteiger charge is -2.18. The van der Waals surface area contributed by atoms with Crippen LogP contribution in [0.3, 0.4) is 0 Å². The number of imidazole rings is 1. The number of para-hydroxylation sites is 1. The Kier molecular flexibility index (Phi) is 4.79. The van der Waals surface area contributed by atoms with E-state index in [2.05, 4.69) is 41.7 Å². The molecular formula is C16H23N3O. The molecule has 1 aromatic heterocycles. The van der Waals surface area contributed by atoms with E-state index >= 15 is 0 Å². The molecule has 0 unspecified atom stereocenters. The molecule has 0 saturated carbocycles. The van der Waals surface area contributed by atoms with Crippen molar-refractivity contribution in [3.63, 3.8) is 0 Å². The van der Waals surface area contributed by atoms with Crippen molar-refractivity contribution >= 4 is 0 Å². The van der Waals surface area contributed by atoms with E-state index in [0.717, 1.165) is 12.3 Å². The highest BCUT2D eigenvalue weighted by molar-refractivity contribution is 5.35. The van der Waals surface area contributed by atoms with Crippen molar-refractivity contribution in [2.75, 3.05) is 7.11 Å². The van der Waals surface area contributed by atoms with Crippen LogP contribution in [0.25, 0.3) is 0 Å². The fourth-order valence-electron chi connectivity index (χ4n) is 2.33. The Labute approximate surface area is 120 Å². The van der Waals surface area contributed by atoms with E-state index in [4.69, 9.17) is 4.74 Å². The lowest BCUT2D eigenvalue weighted by Crippen LogP contribution is -2.21. The monoisotopic (exact) mass is 273 g/mol. The average molecular weight is 273 g/mol. The van der Waals surface area contributed by atoms with Gasteiger partial charge in [0.05, 0.1) is 19.1 Å². The predicted molar refractivity (Wildman–Crippen MR) is 80.9 cm³/mol. The number of methoxy groups -OCH3 is 1. The van der Waals surface area contributed by atoms with Gasteiger partial charge in [-0.3, -0.25) is 0 Å². The maximum Gasteiger partial charge on any atom is 0.123 e. The molecule has 0 saturated heterocycles. The lowest BCUT2D eigenvalue weighted by atomic mass is 10.1. The van der Waals surface area contributed by atoms with E-state index in [1.54, 1.807) is 7.11 Å². The highest BCUT2D eigenvalue weighted by Crippen LogP contribution is 2.24. The van der Waals surface area contributed by atoms with Gasteiger partial charge in [0.15, 0.2) is 0 Å². The molecule has 0 bridgehead atoms. The Morgan fingerprint density at radius 1 is 1.25 bits per heavy atom. The van der Waals surface area contributed by atoms with Crippen LogP contribution in [0.15, 0.2) is 36.8 Å². The summed E-state index contributed by atoms with van der Waals surface area (Å²) in [5.41, 5.74) is 2.37. The molecule has 20 heavy (non-hydrogen) atoms. The molecule has 1 aromatic carbocycles. The first-order valence-corrected chi connectivity index (χ1v) is 7.00. The molecule has 0 aliphatic carbocycles. The van der Waals surface area contributed by atoms with Gasteiger partial charge in [-0.15, -0.1) is 0 Å². The number of ether oxygens (including phenoxy) is 1. The second kappa shape index (κ2) is 6.57. The Hall–Kier alpha value is -1.81. The Morgan fingerprint density at radius 2 is 2.00 bits per heavy atom. The minimum atomic E-state index is 0.224. The smallest absolute Gasteiger partial charge is 0.123 e. The summed E-state index contributed by atoms with van der Waals surface area (Å²) < 4.78 is 7.59. The highest BCUT2D eigenvalue weighted by Gasteiger charge is 2.12. The summed E-state index contributed by atoms with van der Waals surface area (Å²) in [7, 11) is 1.71. The van der Waals surface area contributed by atoms with Crippen molar-refractivity contribution in [2.24, 2.45) is 0 Å². The number of hydrogen-bond acceptors (Lipinski definition) is 3. The molecule has 0 radical (unpaired) electrons. The zero-order valence-electron chi connectivity index (χ0n) is 12.6. The van der Waals surface area contributed by atoms with Crippen molar-refractivity contribution in [3.8, 4) is 5.75 Å². The molecule has 0 aliphatic heterocycles. The third-order valence-electron chi connectivity index (χ3n) is 3.50. The zero-order valence-corrected chi connectivity index (χ0v) is 12.6. The Morgan fingerprint density at radius 3 is 2.70 bits per heavy atom. The molecule has 4 heteroatoms. The van der Waals surface area contributed by atoms with Crippen LogP contribution in [0.4, 0.5) is 0 Å². The molecular weight excluding hydrogens is 250 g/mol. The number of rotatable bonds is 6. The summed E-state index contributed by atoms with van der Waals surface area (Å²) in [6.45, 7) is 7.26. The Bertz CT molecular complexity index is 548. The third-order valence-corrected chi connectivity index (χ3v) is 3.50. The first-order chi connectivity index (χ1) is 9.63. The summed E-state index contributed by atoms with van der Waals surface area (Å²) >= 11 is 0. The van der Waals surface area contributed by atoms with Crippen molar-refractivity contribution in [1.82, 2.24) is 14.9 Å². The van der Waals surface area contributed by atoms with Crippen molar-refractivity contribution in [3.05, 3.63) is 48.0 Å². The summed E-state index contributed by atoms with van der Waals surface area (Å²) in [6.07, 6.45) is 3.80. The van der Waals surface area contributed by atoms with Gasteiger partial charge in [-0.1, -0.05) is 18.2 Å². The molecule has 4 nitrogen and oxygen atoms in total. The molecule has 2 rings (SSSR count). The van der Waals surface area contributed by atoms with Gasteiger partial charge < -0.3 is 14.6 Å². The SMILES string of the molecule is COc1ccccc1[C@@H](C)NCc1cncn1C(C)C. The number of hydrogen-bond donors (Lipinski definition) is 1. The molecule has 0 fully saturated rings. The van der Waals surface area contributed by atoms with Gasteiger partial charge in [0, 0.05) is 30.4 Å². The maximum atomic E-state index is 5.41.